The van der Waals surface area contributed by atoms with Crippen molar-refractivity contribution in [3.8, 4) is 11.3 Å². The lowest BCUT2D eigenvalue weighted by Crippen LogP contribution is -2.14. The van der Waals surface area contributed by atoms with E-state index in [2.05, 4.69) is 46.1 Å². The summed E-state index contributed by atoms with van der Waals surface area (Å²) in [5.74, 6) is 0.236. The van der Waals surface area contributed by atoms with Gasteiger partial charge in [0.1, 0.15) is 6.33 Å². The van der Waals surface area contributed by atoms with Crippen molar-refractivity contribution in [2.45, 2.75) is 26.2 Å². The highest BCUT2D eigenvalue weighted by Crippen LogP contribution is 2.22. The molecule has 0 aliphatic heterocycles. The molecule has 7 nitrogen and oxygen atoms in total. The molecule has 140 valence electrons. The molecule has 0 aliphatic rings. The number of carbonyl (C=O) groups excluding carboxylic acids is 1. The van der Waals surface area contributed by atoms with E-state index in [1.54, 1.807) is 23.1 Å². The Morgan fingerprint density at radius 3 is 2.39 bits per heavy atom. The molecule has 3 heterocycles. The molecule has 28 heavy (non-hydrogen) atoms. The van der Waals surface area contributed by atoms with Crippen molar-refractivity contribution in [3.05, 3.63) is 72.4 Å². The number of carbonyl (C=O) groups is 1. The Hall–Kier alpha value is -3.61. The summed E-state index contributed by atoms with van der Waals surface area (Å²) < 4.78 is 1.63. The van der Waals surface area contributed by atoms with Gasteiger partial charge in [-0.2, -0.15) is 5.10 Å². The van der Waals surface area contributed by atoms with Gasteiger partial charge in [0.25, 0.3) is 5.91 Å². The predicted octanol–water partition coefficient (Wildman–Crippen LogP) is 3.74. The number of fused-ring (bicyclic) bond motifs is 1. The molecule has 0 aliphatic carbocycles. The molecule has 1 N–H and O–H groups in total. The van der Waals surface area contributed by atoms with E-state index in [4.69, 9.17) is 0 Å². The zero-order valence-corrected chi connectivity index (χ0v) is 15.9. The smallest absolute Gasteiger partial charge is 0.256 e. The van der Waals surface area contributed by atoms with Crippen LogP contribution in [0.1, 0.15) is 36.7 Å². The van der Waals surface area contributed by atoms with Gasteiger partial charge in [-0.3, -0.25) is 4.79 Å². The van der Waals surface area contributed by atoms with Crippen molar-refractivity contribution < 1.29 is 4.79 Å². The molecule has 0 saturated carbocycles. The van der Waals surface area contributed by atoms with Crippen LogP contribution in [0.15, 0.2) is 61.3 Å². The number of imidazole rings is 1. The molecule has 0 saturated heterocycles. The first kappa shape index (κ1) is 17.8. The van der Waals surface area contributed by atoms with Crippen molar-refractivity contribution >= 4 is 17.4 Å². The maximum atomic E-state index is 12.5. The maximum Gasteiger partial charge on any atom is 0.256 e. The molecule has 1 amide bonds. The van der Waals surface area contributed by atoms with Crippen LogP contribution in [0.25, 0.3) is 16.9 Å². The van der Waals surface area contributed by atoms with Crippen molar-refractivity contribution in [3.63, 3.8) is 0 Å². The molecule has 0 spiro atoms. The topological polar surface area (TPSA) is 85.1 Å². The maximum absolute atomic E-state index is 12.5. The number of aromatic nitrogens is 5. The number of hydrogen-bond donors (Lipinski definition) is 1. The standard InChI is InChI=1S/C21H20N6O/c1-21(2,3)16-6-4-14(5-7-16)20(28)25-18-12-27-19(24-18)9-8-17(26-27)15-10-22-13-23-11-15/h4-13H,1-3H3,(H,25,28). The number of hydrogen-bond acceptors (Lipinski definition) is 5. The molecule has 0 fully saturated rings. The number of rotatable bonds is 3. The zero-order valence-electron chi connectivity index (χ0n) is 15.9. The summed E-state index contributed by atoms with van der Waals surface area (Å²) in [5, 5.41) is 7.34. The third kappa shape index (κ3) is 3.59. The van der Waals surface area contributed by atoms with Gasteiger partial charge in [0.15, 0.2) is 11.5 Å². The van der Waals surface area contributed by atoms with Gasteiger partial charge in [-0.1, -0.05) is 32.9 Å². The highest BCUT2D eigenvalue weighted by molar-refractivity contribution is 6.03. The number of nitrogens with zero attached hydrogens (tertiary/aromatic N) is 5. The van der Waals surface area contributed by atoms with Gasteiger partial charge in [-0.05, 0) is 35.2 Å². The largest absolute Gasteiger partial charge is 0.305 e. The molecule has 0 unspecified atom stereocenters. The number of nitrogens with one attached hydrogen (secondary N) is 1. The van der Waals surface area contributed by atoms with Gasteiger partial charge in [-0.15, -0.1) is 0 Å². The lowest BCUT2D eigenvalue weighted by atomic mass is 9.87. The molecule has 0 radical (unpaired) electrons. The Morgan fingerprint density at radius 2 is 1.71 bits per heavy atom. The molecular formula is C21H20N6O. The van der Waals surface area contributed by atoms with Crippen LogP contribution in [0.3, 0.4) is 0 Å². The van der Waals surface area contributed by atoms with Gasteiger partial charge in [0, 0.05) is 23.5 Å². The van der Waals surface area contributed by atoms with E-state index in [1.165, 1.54) is 11.9 Å². The summed E-state index contributed by atoms with van der Waals surface area (Å²) in [6.07, 6.45) is 6.55. The Kier molecular flexibility index (Phi) is 4.35. The zero-order chi connectivity index (χ0) is 19.7. The summed E-state index contributed by atoms with van der Waals surface area (Å²) in [7, 11) is 0. The number of benzene rings is 1. The van der Waals surface area contributed by atoms with Gasteiger partial charge in [-0.25, -0.2) is 19.5 Å². The molecule has 4 rings (SSSR count). The lowest BCUT2D eigenvalue weighted by Gasteiger charge is -2.18. The second kappa shape index (κ2) is 6.84. The predicted molar refractivity (Wildman–Crippen MR) is 107 cm³/mol. The van der Waals surface area contributed by atoms with Crippen LogP contribution in [0.4, 0.5) is 5.82 Å². The Morgan fingerprint density at radius 1 is 1.00 bits per heavy atom. The quantitative estimate of drug-likeness (QED) is 0.592. The SMILES string of the molecule is CC(C)(C)c1ccc(C(=O)Nc2cn3nc(-c4cncnc4)ccc3n2)cc1. The fourth-order valence-corrected chi connectivity index (χ4v) is 2.84. The lowest BCUT2D eigenvalue weighted by molar-refractivity contribution is 0.102. The van der Waals surface area contributed by atoms with E-state index < -0.39 is 0 Å². The third-order valence-electron chi connectivity index (χ3n) is 4.43. The summed E-state index contributed by atoms with van der Waals surface area (Å²) in [6.45, 7) is 6.42. The summed E-state index contributed by atoms with van der Waals surface area (Å²) in [5.41, 5.74) is 3.98. The first-order valence-electron chi connectivity index (χ1n) is 8.94. The summed E-state index contributed by atoms with van der Waals surface area (Å²) in [6, 6.07) is 11.3. The molecular weight excluding hydrogens is 352 g/mol. The van der Waals surface area contributed by atoms with Crippen molar-refractivity contribution in [2.75, 3.05) is 5.32 Å². The highest BCUT2D eigenvalue weighted by atomic mass is 16.1. The van der Waals surface area contributed by atoms with Crippen molar-refractivity contribution in [1.29, 1.82) is 0 Å². The van der Waals surface area contributed by atoms with E-state index >= 15 is 0 Å². The van der Waals surface area contributed by atoms with E-state index in [0.717, 1.165) is 11.3 Å². The Labute approximate surface area is 162 Å². The molecule has 0 bridgehead atoms. The van der Waals surface area contributed by atoms with Gasteiger partial charge in [0.05, 0.1) is 11.9 Å². The van der Waals surface area contributed by atoms with Crippen LogP contribution in [0.5, 0.6) is 0 Å². The highest BCUT2D eigenvalue weighted by Gasteiger charge is 2.15. The first-order chi connectivity index (χ1) is 13.4. The summed E-state index contributed by atoms with van der Waals surface area (Å²) >= 11 is 0. The van der Waals surface area contributed by atoms with Crippen LogP contribution in [-0.4, -0.2) is 30.5 Å². The van der Waals surface area contributed by atoms with Crippen LogP contribution in [0.2, 0.25) is 0 Å². The van der Waals surface area contributed by atoms with Crippen LogP contribution in [-0.2, 0) is 5.41 Å². The minimum Gasteiger partial charge on any atom is -0.305 e. The van der Waals surface area contributed by atoms with Crippen LogP contribution in [0, 0.1) is 0 Å². The van der Waals surface area contributed by atoms with Gasteiger partial charge >= 0.3 is 0 Å². The molecule has 4 aromatic rings. The fraction of sp³-hybridized carbons (Fsp3) is 0.190. The second-order valence-electron chi connectivity index (χ2n) is 7.56. The van der Waals surface area contributed by atoms with E-state index in [9.17, 15) is 4.79 Å². The van der Waals surface area contributed by atoms with Crippen LogP contribution < -0.4 is 5.32 Å². The third-order valence-corrected chi connectivity index (χ3v) is 4.43. The molecule has 0 atom stereocenters. The van der Waals surface area contributed by atoms with E-state index in [-0.39, 0.29) is 11.3 Å². The Bertz CT molecular complexity index is 1130. The average molecular weight is 372 g/mol. The second-order valence-corrected chi connectivity index (χ2v) is 7.56. The molecule has 1 aromatic carbocycles. The minimum atomic E-state index is -0.208. The van der Waals surface area contributed by atoms with Crippen LogP contribution >= 0.6 is 0 Å². The monoisotopic (exact) mass is 372 g/mol. The molecule has 3 aromatic heterocycles. The van der Waals surface area contributed by atoms with E-state index in [0.29, 0.717) is 17.0 Å². The normalized spacial score (nSPS) is 11.5. The number of amides is 1. The van der Waals surface area contributed by atoms with Gasteiger partial charge < -0.3 is 5.32 Å². The van der Waals surface area contributed by atoms with Crippen molar-refractivity contribution in [2.24, 2.45) is 0 Å². The van der Waals surface area contributed by atoms with Gasteiger partial charge in [0.2, 0.25) is 0 Å². The minimum absolute atomic E-state index is 0.0454. The number of anilines is 1. The van der Waals surface area contributed by atoms with Crippen molar-refractivity contribution in [1.82, 2.24) is 24.6 Å². The summed E-state index contributed by atoms with van der Waals surface area (Å²) in [4.78, 5) is 25.0. The first-order valence-corrected chi connectivity index (χ1v) is 8.94. The molecule has 7 heteroatoms. The van der Waals surface area contributed by atoms with E-state index in [1.807, 2.05) is 36.4 Å². The fourth-order valence-electron chi connectivity index (χ4n) is 2.84. The average Bonchev–Trinajstić information content (AvgIpc) is 3.09. The Balaban J connectivity index is 1.55.